The number of hydrogen-bond donors (Lipinski definition) is 2. The van der Waals surface area contributed by atoms with E-state index in [1.54, 1.807) is 11.5 Å². The highest BCUT2D eigenvalue weighted by molar-refractivity contribution is 5.96. The van der Waals surface area contributed by atoms with Crippen molar-refractivity contribution >= 4 is 11.8 Å². The van der Waals surface area contributed by atoms with Gasteiger partial charge in [0.2, 0.25) is 5.91 Å². The average Bonchev–Trinajstić information content (AvgIpc) is 2.47. The van der Waals surface area contributed by atoms with E-state index in [0.717, 1.165) is 5.69 Å². The normalized spacial score (nSPS) is 20.3. The maximum absolute atomic E-state index is 12.6. The second-order valence-corrected chi connectivity index (χ2v) is 5.92. The Morgan fingerprint density at radius 2 is 1.96 bits per heavy atom. The molecular formula is C17H23N3O3. The maximum atomic E-state index is 12.6. The highest BCUT2D eigenvalue weighted by Gasteiger charge is 2.29. The Balaban J connectivity index is 2.33. The van der Waals surface area contributed by atoms with Crippen LogP contribution in [0.25, 0.3) is 0 Å². The largest absolute Gasteiger partial charge is 0.369 e. The summed E-state index contributed by atoms with van der Waals surface area (Å²) >= 11 is 0. The SMILES string of the molecule is CCn1c(C)cc(C)c(C(=O)N[C@@H]2CC=CC[C@H]2C(N)=O)c1=O. The summed E-state index contributed by atoms with van der Waals surface area (Å²) in [6.45, 7) is 5.95. The highest BCUT2D eigenvalue weighted by Crippen LogP contribution is 2.19. The number of nitrogens with zero attached hydrogens (tertiary/aromatic N) is 1. The molecule has 1 aliphatic carbocycles. The molecule has 0 radical (unpaired) electrons. The first-order valence-electron chi connectivity index (χ1n) is 7.83. The van der Waals surface area contributed by atoms with Gasteiger partial charge in [0.25, 0.3) is 11.5 Å². The van der Waals surface area contributed by atoms with E-state index in [0.29, 0.717) is 24.9 Å². The van der Waals surface area contributed by atoms with Crippen LogP contribution in [0.1, 0.15) is 41.4 Å². The van der Waals surface area contributed by atoms with E-state index >= 15 is 0 Å². The number of carbonyl (C=O) groups is 2. The fourth-order valence-corrected chi connectivity index (χ4v) is 3.13. The Bertz CT molecular complexity index is 719. The Kier molecular flexibility index (Phi) is 5.03. The van der Waals surface area contributed by atoms with E-state index in [1.165, 1.54) is 0 Å². The van der Waals surface area contributed by atoms with Gasteiger partial charge in [-0.1, -0.05) is 12.2 Å². The number of carbonyl (C=O) groups excluding carboxylic acids is 2. The van der Waals surface area contributed by atoms with Gasteiger partial charge >= 0.3 is 0 Å². The van der Waals surface area contributed by atoms with Crippen LogP contribution in [0.4, 0.5) is 0 Å². The quantitative estimate of drug-likeness (QED) is 0.812. The number of pyridine rings is 1. The van der Waals surface area contributed by atoms with Crippen LogP contribution in [0.15, 0.2) is 23.0 Å². The molecule has 0 bridgehead atoms. The third-order valence-corrected chi connectivity index (χ3v) is 4.36. The molecule has 0 spiro atoms. The molecule has 23 heavy (non-hydrogen) atoms. The minimum atomic E-state index is -0.443. The Morgan fingerprint density at radius 3 is 2.57 bits per heavy atom. The standard InChI is InChI=1S/C17H23N3O3/c1-4-20-11(3)9-10(2)14(17(20)23)16(22)19-13-8-6-5-7-12(13)15(18)21/h5-6,9,12-13H,4,7-8H2,1-3H3,(H2,18,21)(H,19,22)/t12-,13-/m1/s1. The molecule has 6 heteroatoms. The second kappa shape index (κ2) is 6.81. The predicted octanol–water partition coefficient (Wildman–Crippen LogP) is 1.03. The summed E-state index contributed by atoms with van der Waals surface area (Å²) in [5.41, 5.74) is 6.70. The van der Waals surface area contributed by atoms with Gasteiger partial charge in [0.15, 0.2) is 0 Å². The van der Waals surface area contributed by atoms with E-state index in [1.807, 2.05) is 32.1 Å². The molecule has 3 N–H and O–H groups in total. The van der Waals surface area contributed by atoms with E-state index in [-0.39, 0.29) is 17.2 Å². The summed E-state index contributed by atoms with van der Waals surface area (Å²) in [5, 5.41) is 2.81. The summed E-state index contributed by atoms with van der Waals surface area (Å²) < 4.78 is 1.56. The predicted molar refractivity (Wildman–Crippen MR) is 88.2 cm³/mol. The minimum Gasteiger partial charge on any atom is -0.369 e. The number of nitrogens with one attached hydrogen (secondary N) is 1. The van der Waals surface area contributed by atoms with Gasteiger partial charge in [-0.05, 0) is 45.2 Å². The zero-order chi connectivity index (χ0) is 17.1. The van der Waals surface area contributed by atoms with Crippen LogP contribution in [0.5, 0.6) is 0 Å². The van der Waals surface area contributed by atoms with Gasteiger partial charge in [-0.15, -0.1) is 0 Å². The van der Waals surface area contributed by atoms with Gasteiger partial charge in [-0.3, -0.25) is 14.4 Å². The molecule has 1 aromatic rings. The molecule has 2 amide bonds. The van der Waals surface area contributed by atoms with Crippen molar-refractivity contribution in [3.63, 3.8) is 0 Å². The van der Waals surface area contributed by atoms with Crippen LogP contribution >= 0.6 is 0 Å². The molecule has 1 heterocycles. The minimum absolute atomic E-state index is 0.134. The molecule has 0 fully saturated rings. The zero-order valence-electron chi connectivity index (χ0n) is 13.8. The number of primary amides is 1. The maximum Gasteiger partial charge on any atom is 0.263 e. The lowest BCUT2D eigenvalue weighted by Gasteiger charge is -2.27. The molecule has 0 saturated carbocycles. The number of aryl methyl sites for hydroxylation is 2. The first-order chi connectivity index (χ1) is 10.9. The van der Waals surface area contributed by atoms with Crippen molar-refractivity contribution in [3.8, 4) is 0 Å². The average molecular weight is 317 g/mol. The number of rotatable bonds is 4. The van der Waals surface area contributed by atoms with Gasteiger partial charge in [0.1, 0.15) is 5.56 Å². The number of nitrogens with two attached hydrogens (primary N) is 1. The topological polar surface area (TPSA) is 94.2 Å². The molecule has 0 aromatic carbocycles. The number of allylic oxidation sites excluding steroid dienone is 1. The van der Waals surface area contributed by atoms with Crippen LogP contribution in [0, 0.1) is 19.8 Å². The van der Waals surface area contributed by atoms with Gasteiger partial charge in [-0.25, -0.2) is 0 Å². The smallest absolute Gasteiger partial charge is 0.263 e. The Hall–Kier alpha value is -2.37. The van der Waals surface area contributed by atoms with Crippen LogP contribution in [-0.4, -0.2) is 22.4 Å². The summed E-state index contributed by atoms with van der Waals surface area (Å²) in [6, 6.07) is 1.45. The van der Waals surface area contributed by atoms with Crippen molar-refractivity contribution in [3.05, 3.63) is 45.4 Å². The molecule has 0 unspecified atom stereocenters. The van der Waals surface area contributed by atoms with Gasteiger partial charge in [0.05, 0.1) is 5.92 Å². The highest BCUT2D eigenvalue weighted by atomic mass is 16.2. The fraction of sp³-hybridized carbons (Fsp3) is 0.471. The van der Waals surface area contributed by atoms with Gasteiger partial charge in [-0.2, -0.15) is 0 Å². The number of aromatic nitrogens is 1. The Labute approximate surface area is 135 Å². The van der Waals surface area contributed by atoms with E-state index < -0.39 is 17.7 Å². The molecule has 6 nitrogen and oxygen atoms in total. The third-order valence-electron chi connectivity index (χ3n) is 4.36. The first-order valence-corrected chi connectivity index (χ1v) is 7.83. The zero-order valence-corrected chi connectivity index (χ0v) is 13.8. The molecular weight excluding hydrogens is 294 g/mol. The number of hydrogen-bond acceptors (Lipinski definition) is 3. The van der Waals surface area contributed by atoms with E-state index in [4.69, 9.17) is 5.73 Å². The fourth-order valence-electron chi connectivity index (χ4n) is 3.13. The second-order valence-electron chi connectivity index (χ2n) is 5.92. The summed E-state index contributed by atoms with van der Waals surface area (Å²) in [7, 11) is 0. The molecule has 1 aliphatic rings. The third kappa shape index (κ3) is 3.36. The lowest BCUT2D eigenvalue weighted by molar-refractivity contribution is -0.122. The van der Waals surface area contributed by atoms with Crippen molar-refractivity contribution in [1.82, 2.24) is 9.88 Å². The van der Waals surface area contributed by atoms with Crippen molar-refractivity contribution in [2.24, 2.45) is 11.7 Å². The molecule has 1 aromatic heterocycles. The summed E-state index contributed by atoms with van der Waals surface area (Å²) in [4.78, 5) is 36.7. The lowest BCUT2D eigenvalue weighted by Crippen LogP contribution is -2.47. The van der Waals surface area contributed by atoms with Crippen molar-refractivity contribution in [2.75, 3.05) is 0 Å². The van der Waals surface area contributed by atoms with Crippen molar-refractivity contribution in [1.29, 1.82) is 0 Å². The molecule has 124 valence electrons. The van der Waals surface area contributed by atoms with Crippen LogP contribution in [-0.2, 0) is 11.3 Å². The lowest BCUT2D eigenvalue weighted by atomic mass is 9.88. The molecule has 0 saturated heterocycles. The number of amides is 2. The van der Waals surface area contributed by atoms with Crippen LogP contribution < -0.4 is 16.6 Å². The molecule has 2 rings (SSSR count). The monoisotopic (exact) mass is 317 g/mol. The Morgan fingerprint density at radius 1 is 1.30 bits per heavy atom. The van der Waals surface area contributed by atoms with Crippen molar-refractivity contribution in [2.45, 2.75) is 46.2 Å². The molecule has 2 atom stereocenters. The molecule has 0 aliphatic heterocycles. The van der Waals surface area contributed by atoms with E-state index in [9.17, 15) is 14.4 Å². The van der Waals surface area contributed by atoms with Crippen LogP contribution in [0.3, 0.4) is 0 Å². The van der Waals surface area contributed by atoms with Crippen LogP contribution in [0.2, 0.25) is 0 Å². The summed E-state index contributed by atoms with van der Waals surface area (Å²) in [5.74, 6) is -1.32. The van der Waals surface area contributed by atoms with Gasteiger partial charge in [0, 0.05) is 18.3 Å². The van der Waals surface area contributed by atoms with Gasteiger partial charge < -0.3 is 15.6 Å². The van der Waals surface area contributed by atoms with Crippen molar-refractivity contribution < 1.29 is 9.59 Å². The van der Waals surface area contributed by atoms with E-state index in [2.05, 4.69) is 5.32 Å². The first kappa shape index (κ1) is 17.0. The summed E-state index contributed by atoms with van der Waals surface area (Å²) in [6.07, 6.45) is 4.84.